The number of carbonyl (C=O) groups excluding carboxylic acids is 2. The van der Waals surface area contributed by atoms with Crippen LogP contribution in [0, 0.1) is 16.0 Å². The van der Waals surface area contributed by atoms with Crippen LogP contribution in [0.4, 0.5) is 5.69 Å². The molecule has 1 aliphatic rings. The zero-order chi connectivity index (χ0) is 19.6. The molecule has 0 saturated heterocycles. The molecule has 9 heteroatoms. The predicted octanol–water partition coefficient (Wildman–Crippen LogP) is 3.58. The lowest BCUT2D eigenvalue weighted by atomic mass is 10.1. The van der Waals surface area contributed by atoms with E-state index in [1.165, 1.54) is 30.3 Å². The van der Waals surface area contributed by atoms with Gasteiger partial charge in [-0.1, -0.05) is 11.6 Å². The lowest BCUT2D eigenvalue weighted by Crippen LogP contribution is -2.37. The van der Waals surface area contributed by atoms with Gasteiger partial charge >= 0.3 is 5.97 Å². The molecular weight excluding hydrogens is 376 g/mol. The molecule has 1 aromatic heterocycles. The Bertz CT molecular complexity index is 890. The maximum atomic E-state index is 12.0. The Morgan fingerprint density at radius 1 is 1.37 bits per heavy atom. The van der Waals surface area contributed by atoms with Crippen LogP contribution < -0.4 is 5.32 Å². The van der Waals surface area contributed by atoms with E-state index >= 15 is 0 Å². The molecule has 1 fully saturated rings. The van der Waals surface area contributed by atoms with Gasteiger partial charge in [0.25, 0.3) is 11.6 Å². The van der Waals surface area contributed by atoms with E-state index < -0.39 is 17.5 Å². The Kier molecular flexibility index (Phi) is 5.46. The first kappa shape index (κ1) is 18.9. The van der Waals surface area contributed by atoms with Crippen molar-refractivity contribution in [3.05, 3.63) is 51.2 Å². The van der Waals surface area contributed by atoms with Gasteiger partial charge in [0, 0.05) is 23.7 Å². The Hall–Kier alpha value is -2.87. The van der Waals surface area contributed by atoms with Crippen molar-refractivity contribution in [1.29, 1.82) is 0 Å². The molecular formula is C18H17ClN2O6. The number of hydrogen-bond acceptors (Lipinski definition) is 6. The number of esters is 1. The molecule has 142 valence electrons. The van der Waals surface area contributed by atoms with Gasteiger partial charge in [0.1, 0.15) is 5.76 Å². The molecule has 1 atom stereocenters. The maximum absolute atomic E-state index is 12.0. The number of carbonyl (C=O) groups is 2. The van der Waals surface area contributed by atoms with E-state index in [0.717, 1.165) is 12.8 Å². The number of non-ortho nitro benzene ring substituents is 1. The molecule has 1 N–H and O–H groups in total. The molecule has 1 aliphatic carbocycles. The Labute approximate surface area is 159 Å². The van der Waals surface area contributed by atoms with Crippen molar-refractivity contribution >= 4 is 29.2 Å². The number of nitro benzene ring substituents is 1. The number of halogens is 1. The van der Waals surface area contributed by atoms with Gasteiger partial charge in [-0.2, -0.15) is 0 Å². The van der Waals surface area contributed by atoms with Crippen LogP contribution in [-0.4, -0.2) is 29.4 Å². The third-order valence-corrected chi connectivity index (χ3v) is 4.60. The monoisotopic (exact) mass is 392 g/mol. The van der Waals surface area contributed by atoms with E-state index in [2.05, 4.69) is 5.32 Å². The summed E-state index contributed by atoms with van der Waals surface area (Å²) in [6.45, 7) is 1.52. The molecule has 2 aromatic rings. The molecule has 0 spiro atoms. The minimum atomic E-state index is -0.784. The molecule has 1 amide bonds. The third-order valence-electron chi connectivity index (χ3n) is 4.29. The maximum Gasteiger partial charge on any atom is 0.374 e. The molecule has 0 bridgehead atoms. The summed E-state index contributed by atoms with van der Waals surface area (Å²) in [4.78, 5) is 34.0. The fraction of sp³-hybridized carbons (Fsp3) is 0.333. The summed E-state index contributed by atoms with van der Waals surface area (Å²) in [7, 11) is 0. The Morgan fingerprint density at radius 3 is 2.74 bits per heavy atom. The highest BCUT2D eigenvalue weighted by atomic mass is 35.5. The summed E-state index contributed by atoms with van der Waals surface area (Å²) in [5.74, 6) is -0.485. The second-order valence-electron chi connectivity index (χ2n) is 6.35. The fourth-order valence-electron chi connectivity index (χ4n) is 2.62. The predicted molar refractivity (Wildman–Crippen MR) is 96.4 cm³/mol. The van der Waals surface area contributed by atoms with Gasteiger partial charge in [0.15, 0.2) is 6.61 Å². The standard InChI is InChI=1S/C18H17ClN2O6/c1-10(11-2-3-11)20-17(22)9-26-18(23)16-7-6-15(27-16)13-5-4-12(21(24)25)8-14(13)19/h4-8,10-11H,2-3,9H2,1H3,(H,20,22)/t10-/m1/s1. The van der Waals surface area contributed by atoms with Gasteiger partial charge in [-0.3, -0.25) is 14.9 Å². The van der Waals surface area contributed by atoms with Crippen LogP contribution in [0.1, 0.15) is 30.3 Å². The van der Waals surface area contributed by atoms with Crippen LogP contribution in [0.25, 0.3) is 11.3 Å². The summed E-state index contributed by atoms with van der Waals surface area (Å²) in [5.41, 5.74) is 0.249. The van der Waals surface area contributed by atoms with Crippen molar-refractivity contribution in [3.63, 3.8) is 0 Å². The van der Waals surface area contributed by atoms with Crippen LogP contribution in [0.3, 0.4) is 0 Å². The second-order valence-corrected chi connectivity index (χ2v) is 6.76. The van der Waals surface area contributed by atoms with Gasteiger partial charge in [0.05, 0.1) is 9.95 Å². The fourth-order valence-corrected chi connectivity index (χ4v) is 2.89. The number of hydrogen-bond donors (Lipinski definition) is 1. The van der Waals surface area contributed by atoms with E-state index in [-0.39, 0.29) is 34.2 Å². The molecule has 1 heterocycles. The molecule has 0 radical (unpaired) electrons. The van der Waals surface area contributed by atoms with Crippen molar-refractivity contribution in [3.8, 4) is 11.3 Å². The molecule has 0 unspecified atom stereocenters. The number of benzene rings is 1. The number of ether oxygens (including phenoxy) is 1. The van der Waals surface area contributed by atoms with Crippen LogP contribution >= 0.6 is 11.6 Å². The number of nitrogens with zero attached hydrogens (tertiary/aromatic N) is 1. The lowest BCUT2D eigenvalue weighted by Gasteiger charge is -2.12. The number of rotatable bonds is 7. The highest BCUT2D eigenvalue weighted by Gasteiger charge is 2.29. The first-order valence-electron chi connectivity index (χ1n) is 8.36. The smallest absolute Gasteiger partial charge is 0.374 e. The van der Waals surface area contributed by atoms with E-state index in [4.69, 9.17) is 20.8 Å². The van der Waals surface area contributed by atoms with Crippen LogP contribution in [-0.2, 0) is 9.53 Å². The van der Waals surface area contributed by atoms with Gasteiger partial charge in [-0.15, -0.1) is 0 Å². The molecule has 27 heavy (non-hydrogen) atoms. The molecule has 8 nitrogen and oxygen atoms in total. The van der Waals surface area contributed by atoms with Gasteiger partial charge in [-0.05, 0) is 43.9 Å². The first-order chi connectivity index (χ1) is 12.8. The Balaban J connectivity index is 1.60. The van der Waals surface area contributed by atoms with Gasteiger partial charge in [0.2, 0.25) is 5.76 Å². The average molecular weight is 393 g/mol. The summed E-state index contributed by atoms with van der Waals surface area (Å²) < 4.78 is 10.4. The molecule has 1 aromatic carbocycles. The summed E-state index contributed by atoms with van der Waals surface area (Å²) in [6, 6.07) is 6.87. The number of nitrogens with one attached hydrogen (secondary N) is 1. The van der Waals surface area contributed by atoms with Crippen LogP contribution in [0.2, 0.25) is 5.02 Å². The summed E-state index contributed by atoms with van der Waals surface area (Å²) in [6.07, 6.45) is 2.20. The van der Waals surface area contributed by atoms with E-state index in [9.17, 15) is 19.7 Å². The quantitative estimate of drug-likeness (QED) is 0.438. The zero-order valence-corrected chi connectivity index (χ0v) is 15.2. The van der Waals surface area contributed by atoms with Crippen LogP contribution in [0.15, 0.2) is 34.7 Å². The zero-order valence-electron chi connectivity index (χ0n) is 14.4. The largest absolute Gasteiger partial charge is 0.450 e. The topological polar surface area (TPSA) is 112 Å². The lowest BCUT2D eigenvalue weighted by molar-refractivity contribution is -0.384. The highest BCUT2D eigenvalue weighted by Crippen LogP contribution is 2.33. The highest BCUT2D eigenvalue weighted by molar-refractivity contribution is 6.33. The van der Waals surface area contributed by atoms with Gasteiger partial charge < -0.3 is 14.5 Å². The van der Waals surface area contributed by atoms with Gasteiger partial charge in [-0.25, -0.2) is 4.79 Å². The average Bonchev–Trinajstić information content (AvgIpc) is 3.37. The minimum Gasteiger partial charge on any atom is -0.450 e. The third kappa shape index (κ3) is 4.65. The van der Waals surface area contributed by atoms with Crippen molar-refractivity contribution in [2.75, 3.05) is 6.61 Å². The Morgan fingerprint density at radius 2 is 2.11 bits per heavy atom. The van der Waals surface area contributed by atoms with E-state index in [1.807, 2.05) is 6.92 Å². The number of furan rings is 1. The molecule has 3 rings (SSSR count). The second kappa shape index (κ2) is 7.79. The first-order valence-corrected chi connectivity index (χ1v) is 8.73. The van der Waals surface area contributed by atoms with Crippen molar-refractivity contribution < 1.29 is 23.7 Å². The normalized spacial score (nSPS) is 14.4. The summed E-state index contributed by atoms with van der Waals surface area (Å²) >= 11 is 6.05. The van der Waals surface area contributed by atoms with Crippen molar-refractivity contribution in [2.24, 2.45) is 5.92 Å². The SMILES string of the molecule is C[C@@H](NC(=O)COC(=O)c1ccc(-c2ccc([N+](=O)[O-])cc2Cl)o1)C1CC1. The van der Waals surface area contributed by atoms with Crippen molar-refractivity contribution in [1.82, 2.24) is 5.32 Å². The van der Waals surface area contributed by atoms with E-state index in [0.29, 0.717) is 11.5 Å². The molecule has 1 saturated carbocycles. The number of nitro groups is 1. The molecule has 0 aliphatic heterocycles. The van der Waals surface area contributed by atoms with Crippen molar-refractivity contribution in [2.45, 2.75) is 25.8 Å². The number of amides is 1. The summed E-state index contributed by atoms with van der Waals surface area (Å²) in [5, 5.41) is 13.7. The van der Waals surface area contributed by atoms with E-state index in [1.54, 1.807) is 0 Å². The minimum absolute atomic E-state index is 0.0655. The van der Waals surface area contributed by atoms with Crippen LogP contribution in [0.5, 0.6) is 0 Å².